The van der Waals surface area contributed by atoms with Crippen LogP contribution in [0.15, 0.2) is 24.3 Å². The zero-order valence-corrected chi connectivity index (χ0v) is 16.2. The average Bonchev–Trinajstić information content (AvgIpc) is 2.49. The van der Waals surface area contributed by atoms with Crippen molar-refractivity contribution in [3.05, 3.63) is 29.8 Å². The van der Waals surface area contributed by atoms with E-state index in [0.29, 0.717) is 0 Å². The topological polar surface area (TPSA) is 35.9 Å². The predicted octanol–water partition coefficient (Wildman–Crippen LogP) is 1.83. The summed E-state index contributed by atoms with van der Waals surface area (Å²) < 4.78 is 6.12. The second kappa shape index (κ2) is 7.57. The molecule has 1 heterocycles. The monoisotopic (exact) mass is 332 g/mol. The molecule has 0 unspecified atom stereocenters. The lowest BCUT2D eigenvalue weighted by Gasteiger charge is -2.39. The van der Waals surface area contributed by atoms with E-state index in [2.05, 4.69) is 41.1 Å². The van der Waals surface area contributed by atoms with E-state index in [1.807, 2.05) is 20.7 Å². The summed E-state index contributed by atoms with van der Waals surface area (Å²) in [5.41, 5.74) is 1.000. The van der Waals surface area contributed by atoms with Gasteiger partial charge < -0.3 is 14.7 Å². The zero-order chi connectivity index (χ0) is 18.0. The number of piperazine rings is 1. The Hall–Kier alpha value is -0.875. The zero-order valence-electron chi connectivity index (χ0n) is 16.2. The molecule has 0 saturated carbocycles. The van der Waals surface area contributed by atoms with Gasteiger partial charge >= 0.3 is 6.92 Å². The van der Waals surface area contributed by atoms with Crippen LogP contribution in [-0.2, 0) is 11.2 Å². The van der Waals surface area contributed by atoms with Crippen LogP contribution in [0, 0.1) is 0 Å². The number of benzene rings is 1. The Bertz CT molecular complexity index is 517. The van der Waals surface area contributed by atoms with Crippen molar-refractivity contribution in [1.29, 1.82) is 0 Å². The van der Waals surface area contributed by atoms with E-state index in [1.165, 1.54) is 5.56 Å². The Morgan fingerprint density at radius 3 is 2.08 bits per heavy atom. The van der Waals surface area contributed by atoms with Crippen molar-refractivity contribution in [3.63, 3.8) is 0 Å². The maximum Gasteiger partial charge on any atom is 0.324 e. The second-order valence-corrected chi connectivity index (χ2v) is 8.15. The molecule has 0 amide bonds. The van der Waals surface area contributed by atoms with E-state index >= 15 is 0 Å². The van der Waals surface area contributed by atoms with Gasteiger partial charge in [-0.05, 0) is 45.8 Å². The Morgan fingerprint density at radius 1 is 1.04 bits per heavy atom. The molecule has 0 aliphatic carbocycles. The number of rotatable bonds is 6. The quantitative estimate of drug-likeness (QED) is 0.807. The third-order valence-corrected chi connectivity index (χ3v) is 5.40. The van der Waals surface area contributed by atoms with E-state index in [1.54, 1.807) is 13.8 Å². The molecule has 0 bridgehead atoms. The molecule has 5 heteroatoms. The van der Waals surface area contributed by atoms with Crippen molar-refractivity contribution in [2.45, 2.75) is 52.3 Å². The van der Waals surface area contributed by atoms with Gasteiger partial charge in [0.1, 0.15) is 0 Å². The fourth-order valence-corrected chi connectivity index (χ4v) is 2.81. The summed E-state index contributed by atoms with van der Waals surface area (Å²) in [6.07, 6.45) is 0. The maximum atomic E-state index is 10.3. The number of hydrogen-bond acceptors (Lipinski definition) is 4. The molecule has 1 aromatic rings. The van der Waals surface area contributed by atoms with Gasteiger partial charge in [0.25, 0.3) is 0 Å². The first kappa shape index (κ1) is 19.4. The fraction of sp³-hybridized carbons (Fsp3) is 0.684. The molecule has 0 aromatic heterocycles. The minimum atomic E-state index is -0.886. The first-order valence-corrected chi connectivity index (χ1v) is 8.98. The number of nitrogens with zero attached hydrogens (tertiary/aromatic N) is 2. The summed E-state index contributed by atoms with van der Waals surface area (Å²) in [6, 6.07) is 8.70. The van der Waals surface area contributed by atoms with E-state index < -0.39 is 11.2 Å². The molecule has 0 radical (unpaired) electrons. The van der Waals surface area contributed by atoms with Gasteiger partial charge in [-0.1, -0.05) is 31.1 Å². The second-order valence-electron chi connectivity index (χ2n) is 8.15. The summed E-state index contributed by atoms with van der Waals surface area (Å²) in [7, 11) is 2.18. The van der Waals surface area contributed by atoms with Crippen molar-refractivity contribution >= 4 is 12.4 Å². The minimum Gasteiger partial charge on any atom is -0.423 e. The largest absolute Gasteiger partial charge is 0.423 e. The Morgan fingerprint density at radius 2 is 1.58 bits per heavy atom. The molecule has 1 fully saturated rings. The highest BCUT2D eigenvalue weighted by Crippen LogP contribution is 2.25. The number of likely N-dealkylation sites (N-methyl/N-ethyl adjacent to an activating group) is 1. The molecule has 1 aliphatic heterocycles. The molecule has 24 heavy (non-hydrogen) atoms. The van der Waals surface area contributed by atoms with Crippen molar-refractivity contribution < 1.29 is 9.76 Å². The van der Waals surface area contributed by atoms with Crippen LogP contribution in [-0.4, -0.2) is 66.3 Å². The van der Waals surface area contributed by atoms with Crippen LogP contribution in [0.25, 0.3) is 0 Å². The van der Waals surface area contributed by atoms with Crippen LogP contribution in [0.5, 0.6) is 0 Å². The maximum absolute atomic E-state index is 10.3. The molecule has 2 rings (SSSR count). The highest BCUT2D eigenvalue weighted by atomic mass is 16.5. The Kier molecular flexibility index (Phi) is 6.13. The van der Waals surface area contributed by atoms with Crippen LogP contribution in [0.1, 0.15) is 33.3 Å². The lowest BCUT2D eigenvalue weighted by Crippen LogP contribution is -2.52. The number of hydrogen-bond donors (Lipinski definition) is 1. The summed E-state index contributed by atoms with van der Waals surface area (Å²) in [5, 5.41) is 10.3. The van der Waals surface area contributed by atoms with Gasteiger partial charge in [0, 0.05) is 32.7 Å². The lowest BCUT2D eigenvalue weighted by molar-refractivity contribution is -0.0918. The van der Waals surface area contributed by atoms with Crippen molar-refractivity contribution in [3.8, 4) is 0 Å². The van der Waals surface area contributed by atoms with Gasteiger partial charge in [0.05, 0.1) is 11.2 Å². The van der Waals surface area contributed by atoms with Gasteiger partial charge in [-0.25, -0.2) is 0 Å². The van der Waals surface area contributed by atoms with E-state index in [9.17, 15) is 5.11 Å². The van der Waals surface area contributed by atoms with Gasteiger partial charge in [-0.3, -0.25) is 4.90 Å². The lowest BCUT2D eigenvalue weighted by atomic mass is 9.62. The molecule has 0 atom stereocenters. The first-order valence-electron chi connectivity index (χ1n) is 8.98. The summed E-state index contributed by atoms with van der Waals surface area (Å²) in [5.74, 6) is 0. The van der Waals surface area contributed by atoms with Crippen molar-refractivity contribution in [1.82, 2.24) is 9.80 Å². The molecular weight excluding hydrogens is 299 g/mol. The normalized spacial score (nSPS) is 18.0. The van der Waals surface area contributed by atoms with Crippen molar-refractivity contribution in [2.24, 2.45) is 0 Å². The molecule has 1 aromatic carbocycles. The van der Waals surface area contributed by atoms with E-state index in [0.717, 1.165) is 38.2 Å². The third kappa shape index (κ3) is 5.06. The highest BCUT2D eigenvalue weighted by molar-refractivity contribution is 6.66. The van der Waals surface area contributed by atoms with Gasteiger partial charge in [0.15, 0.2) is 0 Å². The average molecular weight is 332 g/mol. The van der Waals surface area contributed by atoms with Crippen LogP contribution >= 0.6 is 0 Å². The van der Waals surface area contributed by atoms with Crippen LogP contribution in [0.3, 0.4) is 0 Å². The fourth-order valence-electron chi connectivity index (χ4n) is 2.81. The van der Waals surface area contributed by atoms with Crippen molar-refractivity contribution in [2.75, 3.05) is 33.2 Å². The van der Waals surface area contributed by atoms with E-state index in [4.69, 9.17) is 4.65 Å². The summed E-state index contributed by atoms with van der Waals surface area (Å²) >= 11 is 0. The standard InChI is InChI=1S/C19H33BN2O2/c1-18(2,23)19(3,4)24-20(5)17-9-7-16(8-10-17)15-22-13-11-21(6)12-14-22/h7-10,23H,11-15H2,1-6H3. The molecular formula is C19H33BN2O2. The van der Waals surface area contributed by atoms with Gasteiger partial charge in [-0.2, -0.15) is 0 Å². The van der Waals surface area contributed by atoms with Crippen LogP contribution < -0.4 is 5.46 Å². The molecule has 134 valence electrons. The SMILES string of the molecule is CB(OC(C)(C)C(C)(C)O)c1ccc(CN2CCN(C)CC2)cc1. The highest BCUT2D eigenvalue weighted by Gasteiger charge is 2.38. The smallest absolute Gasteiger partial charge is 0.324 e. The number of aliphatic hydroxyl groups is 1. The summed E-state index contributed by atoms with van der Waals surface area (Å²) in [4.78, 5) is 4.88. The van der Waals surface area contributed by atoms with E-state index in [-0.39, 0.29) is 6.92 Å². The molecule has 0 spiro atoms. The third-order valence-electron chi connectivity index (χ3n) is 5.40. The molecule has 4 nitrogen and oxygen atoms in total. The van der Waals surface area contributed by atoms with Crippen LogP contribution in [0.2, 0.25) is 6.82 Å². The first-order chi connectivity index (χ1) is 11.1. The Balaban J connectivity index is 1.94. The van der Waals surface area contributed by atoms with Gasteiger partial charge in [0.2, 0.25) is 0 Å². The Labute approximate surface area is 147 Å². The van der Waals surface area contributed by atoms with Crippen LogP contribution in [0.4, 0.5) is 0 Å². The molecule has 1 N–H and O–H groups in total. The summed E-state index contributed by atoms with van der Waals surface area (Å²) in [6.45, 7) is 15.0. The molecule has 1 aliphatic rings. The predicted molar refractivity (Wildman–Crippen MR) is 102 cm³/mol. The molecule has 1 saturated heterocycles. The minimum absolute atomic E-state index is 0.0517. The van der Waals surface area contributed by atoms with Gasteiger partial charge in [-0.15, -0.1) is 0 Å².